The van der Waals surface area contributed by atoms with Gasteiger partial charge in [-0.3, -0.25) is 9.59 Å². The van der Waals surface area contributed by atoms with Crippen molar-refractivity contribution in [1.29, 1.82) is 0 Å². The molecule has 2 atom stereocenters. The zero-order chi connectivity index (χ0) is 30.3. The summed E-state index contributed by atoms with van der Waals surface area (Å²) < 4.78 is 5.50. The maximum Gasteiger partial charge on any atom is 0.408 e. The van der Waals surface area contributed by atoms with E-state index in [0.29, 0.717) is 16.3 Å². The Morgan fingerprint density at radius 2 is 1.49 bits per heavy atom. The van der Waals surface area contributed by atoms with Gasteiger partial charge in [-0.1, -0.05) is 78.3 Å². The second-order valence-electron chi connectivity index (χ2n) is 11.4. The van der Waals surface area contributed by atoms with Crippen molar-refractivity contribution in [2.24, 2.45) is 0 Å². The van der Waals surface area contributed by atoms with Crippen LogP contribution in [0.25, 0.3) is 0 Å². The highest BCUT2D eigenvalue weighted by Crippen LogP contribution is 2.32. The molecule has 3 rings (SSSR count). The van der Waals surface area contributed by atoms with Crippen LogP contribution in [-0.2, 0) is 20.7 Å². The predicted molar refractivity (Wildman–Crippen MR) is 164 cm³/mol. The van der Waals surface area contributed by atoms with Gasteiger partial charge in [0.05, 0.1) is 10.7 Å². The number of rotatable bonds is 9. The molecule has 8 heteroatoms. The molecule has 2 unspecified atom stereocenters. The standard InChI is InChI=1S/C33H40ClN3O4/c1-21(2)37(31(39)27(20-24-16-9-8-10-17-24)35-32(40)41-33(5,6)7)29(25-18-12-11-14-22(25)3)30(38)36-28-23(4)15-13-19-26(28)34/h8-19,21,27,29H,20H2,1-7H3,(H,35,40)(H,36,38). The minimum atomic E-state index is -1.00. The third-order valence-corrected chi connectivity index (χ3v) is 6.88. The fourth-order valence-corrected chi connectivity index (χ4v) is 4.92. The summed E-state index contributed by atoms with van der Waals surface area (Å²) >= 11 is 6.45. The number of ether oxygens (including phenoxy) is 1. The van der Waals surface area contributed by atoms with Crippen LogP contribution >= 0.6 is 11.6 Å². The lowest BCUT2D eigenvalue weighted by molar-refractivity contribution is -0.142. The van der Waals surface area contributed by atoms with E-state index in [1.807, 2.05) is 94.4 Å². The molecule has 3 aromatic rings. The number of anilines is 1. The maximum atomic E-state index is 14.5. The highest BCUT2D eigenvalue weighted by molar-refractivity contribution is 6.34. The number of nitrogens with one attached hydrogen (secondary N) is 2. The molecule has 0 aliphatic heterocycles. The average Bonchev–Trinajstić information content (AvgIpc) is 2.88. The molecule has 2 N–H and O–H groups in total. The average molecular weight is 578 g/mol. The summed E-state index contributed by atoms with van der Waals surface area (Å²) in [5, 5.41) is 6.16. The molecule has 3 aromatic carbocycles. The van der Waals surface area contributed by atoms with E-state index in [0.717, 1.165) is 16.7 Å². The molecule has 0 aromatic heterocycles. The number of alkyl carbamates (subject to hydrolysis) is 1. The van der Waals surface area contributed by atoms with E-state index in [9.17, 15) is 14.4 Å². The van der Waals surface area contributed by atoms with Crippen LogP contribution in [0.5, 0.6) is 0 Å². The first-order valence-electron chi connectivity index (χ1n) is 13.8. The van der Waals surface area contributed by atoms with Gasteiger partial charge in [0.15, 0.2) is 0 Å². The number of hydrogen-bond donors (Lipinski definition) is 2. The van der Waals surface area contributed by atoms with Crippen molar-refractivity contribution in [2.75, 3.05) is 5.32 Å². The SMILES string of the molecule is Cc1ccccc1C(C(=O)Nc1c(C)cccc1Cl)N(C(=O)C(Cc1ccccc1)NC(=O)OC(C)(C)C)C(C)C. The Kier molecular flexibility index (Phi) is 10.6. The minimum absolute atomic E-state index is 0.216. The zero-order valence-corrected chi connectivity index (χ0v) is 25.6. The van der Waals surface area contributed by atoms with Gasteiger partial charge >= 0.3 is 6.09 Å². The lowest BCUT2D eigenvalue weighted by Gasteiger charge is -2.38. The third-order valence-electron chi connectivity index (χ3n) is 6.56. The summed E-state index contributed by atoms with van der Waals surface area (Å²) in [6.07, 6.45) is -0.493. The summed E-state index contributed by atoms with van der Waals surface area (Å²) in [5.41, 5.74) is 2.91. The number of halogens is 1. The number of carbonyl (C=O) groups is 3. The van der Waals surface area contributed by atoms with Gasteiger partial charge in [-0.2, -0.15) is 0 Å². The number of aryl methyl sites for hydroxylation is 2. The minimum Gasteiger partial charge on any atom is -0.444 e. The van der Waals surface area contributed by atoms with Crippen LogP contribution < -0.4 is 10.6 Å². The van der Waals surface area contributed by atoms with Gasteiger partial charge in [-0.05, 0) is 76.8 Å². The summed E-state index contributed by atoms with van der Waals surface area (Å²) in [4.78, 5) is 43.0. The van der Waals surface area contributed by atoms with E-state index in [1.54, 1.807) is 26.8 Å². The van der Waals surface area contributed by atoms with Crippen LogP contribution in [0.4, 0.5) is 10.5 Å². The van der Waals surface area contributed by atoms with Gasteiger partial charge in [0.1, 0.15) is 17.7 Å². The van der Waals surface area contributed by atoms with Crippen LogP contribution in [-0.4, -0.2) is 40.5 Å². The number of amides is 3. The van der Waals surface area contributed by atoms with Crippen molar-refractivity contribution in [3.05, 3.63) is 100 Å². The smallest absolute Gasteiger partial charge is 0.408 e. The van der Waals surface area contributed by atoms with Gasteiger partial charge in [-0.15, -0.1) is 0 Å². The van der Waals surface area contributed by atoms with Crippen LogP contribution in [0.1, 0.15) is 62.9 Å². The van der Waals surface area contributed by atoms with Crippen LogP contribution in [0, 0.1) is 13.8 Å². The fourth-order valence-electron chi connectivity index (χ4n) is 4.65. The van der Waals surface area contributed by atoms with Gasteiger partial charge in [0.25, 0.3) is 5.91 Å². The maximum absolute atomic E-state index is 14.5. The summed E-state index contributed by atoms with van der Waals surface area (Å²) in [6, 6.07) is 19.9. The van der Waals surface area contributed by atoms with E-state index < -0.39 is 41.6 Å². The van der Waals surface area contributed by atoms with E-state index in [4.69, 9.17) is 16.3 Å². The number of para-hydroxylation sites is 1. The third kappa shape index (κ3) is 8.57. The Hall–Kier alpha value is -3.84. The van der Waals surface area contributed by atoms with Crippen molar-refractivity contribution >= 4 is 35.2 Å². The molecule has 218 valence electrons. The first kappa shape index (κ1) is 31.7. The van der Waals surface area contributed by atoms with Gasteiger partial charge in [0.2, 0.25) is 5.91 Å². The molecule has 3 amide bonds. The lowest BCUT2D eigenvalue weighted by atomic mass is 9.95. The molecule has 0 aliphatic carbocycles. The summed E-state index contributed by atoms with van der Waals surface area (Å²) in [7, 11) is 0. The summed E-state index contributed by atoms with van der Waals surface area (Å²) in [6.45, 7) is 12.7. The quantitative estimate of drug-likeness (QED) is 0.286. The van der Waals surface area contributed by atoms with Crippen LogP contribution in [0.3, 0.4) is 0 Å². The highest BCUT2D eigenvalue weighted by atomic mass is 35.5. The monoisotopic (exact) mass is 577 g/mol. The van der Waals surface area contributed by atoms with Gasteiger partial charge < -0.3 is 20.3 Å². The van der Waals surface area contributed by atoms with Crippen molar-refractivity contribution in [1.82, 2.24) is 10.2 Å². The molecule has 0 aliphatic rings. The van der Waals surface area contributed by atoms with E-state index in [2.05, 4.69) is 10.6 Å². The van der Waals surface area contributed by atoms with Crippen molar-refractivity contribution in [3.63, 3.8) is 0 Å². The largest absolute Gasteiger partial charge is 0.444 e. The number of nitrogens with zero attached hydrogens (tertiary/aromatic N) is 1. The van der Waals surface area contributed by atoms with Gasteiger partial charge in [-0.25, -0.2) is 4.79 Å². The summed E-state index contributed by atoms with van der Waals surface area (Å²) in [5.74, 6) is -0.817. The Morgan fingerprint density at radius 1 is 0.878 bits per heavy atom. The predicted octanol–water partition coefficient (Wildman–Crippen LogP) is 7.01. The van der Waals surface area contributed by atoms with E-state index in [-0.39, 0.29) is 6.42 Å². The number of hydrogen-bond acceptors (Lipinski definition) is 4. The van der Waals surface area contributed by atoms with E-state index >= 15 is 0 Å². The Bertz CT molecular complexity index is 1350. The normalized spacial score (nSPS) is 12.8. The van der Waals surface area contributed by atoms with Crippen LogP contribution in [0.15, 0.2) is 72.8 Å². The second-order valence-corrected chi connectivity index (χ2v) is 11.8. The molecule has 7 nitrogen and oxygen atoms in total. The number of carbonyl (C=O) groups excluding carboxylic acids is 3. The van der Waals surface area contributed by atoms with Gasteiger partial charge in [0, 0.05) is 12.5 Å². The molecule has 0 radical (unpaired) electrons. The van der Waals surface area contributed by atoms with Crippen molar-refractivity contribution in [2.45, 2.75) is 78.6 Å². The molecule has 0 bridgehead atoms. The molecule has 0 saturated heterocycles. The van der Waals surface area contributed by atoms with Crippen molar-refractivity contribution < 1.29 is 19.1 Å². The molecule has 41 heavy (non-hydrogen) atoms. The molecule has 0 spiro atoms. The fraction of sp³-hybridized carbons (Fsp3) is 0.364. The van der Waals surface area contributed by atoms with Crippen molar-refractivity contribution in [3.8, 4) is 0 Å². The molecular weight excluding hydrogens is 538 g/mol. The Labute approximate surface area is 248 Å². The zero-order valence-electron chi connectivity index (χ0n) is 24.8. The Morgan fingerprint density at radius 3 is 2.07 bits per heavy atom. The first-order valence-corrected chi connectivity index (χ1v) is 14.1. The lowest BCUT2D eigenvalue weighted by Crippen LogP contribution is -2.55. The molecular formula is C33H40ClN3O4. The molecule has 0 fully saturated rings. The van der Waals surface area contributed by atoms with Crippen LogP contribution in [0.2, 0.25) is 5.02 Å². The topological polar surface area (TPSA) is 87.7 Å². The second kappa shape index (κ2) is 13.7. The highest BCUT2D eigenvalue weighted by Gasteiger charge is 2.38. The molecule has 0 heterocycles. The Balaban J connectivity index is 2.09. The number of benzene rings is 3. The van der Waals surface area contributed by atoms with E-state index in [1.165, 1.54) is 4.90 Å². The first-order chi connectivity index (χ1) is 19.3. The molecule has 0 saturated carbocycles.